The summed E-state index contributed by atoms with van der Waals surface area (Å²) in [6.45, 7) is 4.74. The van der Waals surface area contributed by atoms with Crippen LogP contribution < -0.4 is 5.32 Å². The number of rotatable bonds is 3. The molecule has 1 rings (SSSR count). The summed E-state index contributed by atoms with van der Waals surface area (Å²) in [5, 5.41) is 4.32. The molecule has 0 aromatic heterocycles. The van der Waals surface area contributed by atoms with Gasteiger partial charge in [-0.05, 0) is 6.42 Å². The Balaban J connectivity index is 2.73. The van der Waals surface area contributed by atoms with Gasteiger partial charge in [0.25, 0.3) is 0 Å². The lowest BCUT2D eigenvalue weighted by Gasteiger charge is -2.38. The van der Waals surface area contributed by atoms with Gasteiger partial charge in [0.2, 0.25) is 0 Å². The number of carbonyl (C=O) groups excluding carboxylic acids is 1. The van der Waals surface area contributed by atoms with Crippen LogP contribution in [0.2, 0.25) is 0 Å². The molecule has 0 aliphatic carbocycles. The largest absolute Gasteiger partial charge is 0.515 e. The third-order valence-electron chi connectivity index (χ3n) is 3.33. The number of hydrogen-bond acceptors (Lipinski definition) is 2. The van der Waals surface area contributed by atoms with E-state index in [1.807, 2.05) is 7.05 Å². The van der Waals surface area contributed by atoms with Crippen LogP contribution in [0.1, 0.15) is 26.2 Å². The van der Waals surface area contributed by atoms with E-state index >= 15 is 0 Å². The van der Waals surface area contributed by atoms with E-state index in [-0.39, 0.29) is 6.09 Å². The maximum absolute atomic E-state index is 11.8. The molecule has 4 heteroatoms. The summed E-state index contributed by atoms with van der Waals surface area (Å²) in [5.74, 6) is 0. The highest BCUT2D eigenvalue weighted by Crippen LogP contribution is 2.21. The van der Waals surface area contributed by atoms with Gasteiger partial charge in [0, 0.05) is 25.9 Å². The zero-order chi connectivity index (χ0) is 11.3. The van der Waals surface area contributed by atoms with Gasteiger partial charge in [-0.25, -0.2) is 9.80 Å². The predicted molar refractivity (Wildman–Crippen MR) is 58.6 cm³/mol. The first-order chi connectivity index (χ1) is 7.15. The van der Waals surface area contributed by atoms with Crippen LogP contribution in [-0.4, -0.2) is 50.4 Å². The molecule has 1 amide bonds. The molecule has 0 N–H and O–H groups in total. The molecular formula is C11H22N2O2+. The molecule has 1 unspecified atom stereocenters. The zero-order valence-corrected chi connectivity index (χ0v) is 10.0. The topological polar surface area (TPSA) is 40.4 Å². The van der Waals surface area contributed by atoms with Crippen molar-refractivity contribution in [2.24, 2.45) is 0 Å². The van der Waals surface area contributed by atoms with Crippen LogP contribution in [0.25, 0.3) is 0 Å². The highest BCUT2D eigenvalue weighted by Gasteiger charge is 2.41. The van der Waals surface area contributed by atoms with E-state index in [9.17, 15) is 4.79 Å². The summed E-state index contributed by atoms with van der Waals surface area (Å²) < 4.78 is 5.34. The van der Waals surface area contributed by atoms with Crippen LogP contribution in [-0.2, 0) is 4.74 Å². The molecule has 1 radical (unpaired) electrons. The molecule has 1 aliphatic rings. The van der Waals surface area contributed by atoms with Crippen molar-refractivity contribution in [1.82, 2.24) is 5.32 Å². The van der Waals surface area contributed by atoms with Crippen LogP contribution in [0.15, 0.2) is 0 Å². The molecule has 1 saturated heterocycles. The molecule has 0 aromatic rings. The second-order valence-corrected chi connectivity index (χ2v) is 4.36. The fourth-order valence-electron chi connectivity index (χ4n) is 2.40. The summed E-state index contributed by atoms with van der Waals surface area (Å²) in [5.41, 5.74) is 0. The van der Waals surface area contributed by atoms with Crippen LogP contribution >= 0.6 is 0 Å². The fourth-order valence-corrected chi connectivity index (χ4v) is 2.40. The molecule has 0 spiro atoms. The molecule has 4 nitrogen and oxygen atoms in total. The highest BCUT2D eigenvalue weighted by atomic mass is 16.5. The predicted octanol–water partition coefficient (Wildman–Crippen LogP) is 1.38. The molecule has 0 bridgehead atoms. The van der Waals surface area contributed by atoms with E-state index in [1.165, 1.54) is 7.11 Å². The number of carbonyl (C=O) groups is 1. The van der Waals surface area contributed by atoms with Crippen molar-refractivity contribution in [3.8, 4) is 0 Å². The molecule has 1 heterocycles. The van der Waals surface area contributed by atoms with Gasteiger partial charge in [-0.15, -0.1) is 0 Å². The summed E-state index contributed by atoms with van der Waals surface area (Å²) in [4.78, 5) is 11.8. The number of nitrogens with zero attached hydrogens (tertiary/aromatic N) is 2. The second kappa shape index (κ2) is 5.47. The molecule has 1 aliphatic heterocycles. The Bertz CT molecular complexity index is 215. The van der Waals surface area contributed by atoms with Gasteiger partial charge in [-0.2, -0.15) is 4.79 Å². The van der Waals surface area contributed by atoms with Gasteiger partial charge in [0.1, 0.15) is 6.04 Å². The summed E-state index contributed by atoms with van der Waals surface area (Å²) in [7, 11) is 3.47. The number of quaternary nitrogens is 1. The number of amides is 1. The molecule has 0 aromatic carbocycles. The lowest BCUT2D eigenvalue weighted by molar-refractivity contribution is -0.864. The number of ether oxygens (including phenoxy) is 1. The Hall–Kier alpha value is -0.610. The average molecular weight is 214 g/mol. The van der Waals surface area contributed by atoms with Crippen LogP contribution in [0, 0.1) is 0 Å². The summed E-state index contributed by atoms with van der Waals surface area (Å²) in [6, 6.07) is 0.384. The quantitative estimate of drug-likeness (QED) is 0.666. The Morgan fingerprint density at radius 3 is 2.53 bits per heavy atom. The Morgan fingerprint density at radius 1 is 1.47 bits per heavy atom. The lowest BCUT2D eigenvalue weighted by atomic mass is 10.0. The Labute approximate surface area is 92.2 Å². The molecule has 15 heavy (non-hydrogen) atoms. The van der Waals surface area contributed by atoms with Crippen molar-refractivity contribution in [3.05, 3.63) is 0 Å². The minimum Gasteiger partial charge on any atom is -0.423 e. The second-order valence-electron chi connectivity index (χ2n) is 4.36. The highest BCUT2D eigenvalue weighted by molar-refractivity contribution is 5.59. The van der Waals surface area contributed by atoms with Gasteiger partial charge < -0.3 is 4.74 Å². The van der Waals surface area contributed by atoms with Crippen molar-refractivity contribution in [3.63, 3.8) is 0 Å². The number of methoxy groups -OCH3 is 1. The first kappa shape index (κ1) is 12.5. The van der Waals surface area contributed by atoms with Crippen molar-refractivity contribution in [2.75, 3.05) is 33.8 Å². The zero-order valence-electron chi connectivity index (χ0n) is 10.0. The van der Waals surface area contributed by atoms with Crippen LogP contribution in [0.3, 0.4) is 0 Å². The maximum Gasteiger partial charge on any atom is 0.515 e. The first-order valence-electron chi connectivity index (χ1n) is 5.72. The lowest BCUT2D eigenvalue weighted by Crippen LogP contribution is -2.58. The van der Waals surface area contributed by atoms with Crippen molar-refractivity contribution in [1.29, 1.82) is 0 Å². The van der Waals surface area contributed by atoms with Crippen molar-refractivity contribution < 1.29 is 14.0 Å². The van der Waals surface area contributed by atoms with E-state index < -0.39 is 0 Å². The molecule has 1 fully saturated rings. The smallest absolute Gasteiger partial charge is 0.423 e. The van der Waals surface area contributed by atoms with E-state index in [2.05, 4.69) is 12.2 Å². The minimum absolute atomic E-state index is 0.108. The Kier molecular flexibility index (Phi) is 4.54. The van der Waals surface area contributed by atoms with E-state index in [0.717, 1.165) is 38.9 Å². The van der Waals surface area contributed by atoms with Crippen LogP contribution in [0.5, 0.6) is 0 Å². The van der Waals surface area contributed by atoms with Gasteiger partial charge in [-0.1, -0.05) is 6.92 Å². The minimum atomic E-state index is -0.108. The van der Waals surface area contributed by atoms with Gasteiger partial charge >= 0.3 is 6.09 Å². The monoisotopic (exact) mass is 214 g/mol. The van der Waals surface area contributed by atoms with Gasteiger partial charge in [-0.3, -0.25) is 0 Å². The average Bonchev–Trinajstić information content (AvgIpc) is 2.29. The SMILES string of the molecule is CCC[N+](C)(C(=O)OC)C1CC[N]CC1. The summed E-state index contributed by atoms with van der Waals surface area (Å²) >= 11 is 0. The third-order valence-corrected chi connectivity index (χ3v) is 3.33. The third kappa shape index (κ3) is 2.69. The normalized spacial score (nSPS) is 22.1. The summed E-state index contributed by atoms with van der Waals surface area (Å²) in [6.07, 6.45) is 2.90. The van der Waals surface area contributed by atoms with Gasteiger partial charge in [0.05, 0.1) is 20.7 Å². The molecule has 87 valence electrons. The Morgan fingerprint density at radius 2 is 2.07 bits per heavy atom. The van der Waals surface area contributed by atoms with Crippen molar-refractivity contribution in [2.45, 2.75) is 32.2 Å². The molecule has 0 saturated carbocycles. The maximum atomic E-state index is 11.8. The van der Waals surface area contributed by atoms with E-state index in [1.54, 1.807) is 0 Å². The van der Waals surface area contributed by atoms with Crippen LogP contribution in [0.4, 0.5) is 4.79 Å². The van der Waals surface area contributed by atoms with E-state index in [0.29, 0.717) is 10.5 Å². The van der Waals surface area contributed by atoms with E-state index in [4.69, 9.17) is 4.74 Å². The first-order valence-corrected chi connectivity index (χ1v) is 5.72. The standard InChI is InChI=1S/C11H22N2O2/c1-4-9-13(2,11(14)15-3)10-5-7-12-8-6-10/h10H,4-9H2,1-3H3/q+1. The van der Waals surface area contributed by atoms with Gasteiger partial charge in [0.15, 0.2) is 0 Å². The van der Waals surface area contributed by atoms with Crippen molar-refractivity contribution >= 4 is 6.09 Å². The molecular weight excluding hydrogens is 192 g/mol. The molecule has 1 atom stereocenters. The number of hydrogen-bond donors (Lipinski definition) is 0. The fraction of sp³-hybridized carbons (Fsp3) is 0.909. The number of piperidine rings is 1.